The highest BCUT2D eigenvalue weighted by atomic mass is 32.2. The van der Waals surface area contributed by atoms with Crippen LogP contribution in [0.15, 0.2) is 9.69 Å². The summed E-state index contributed by atoms with van der Waals surface area (Å²) in [6, 6.07) is 0. The van der Waals surface area contributed by atoms with Crippen LogP contribution in [0.25, 0.3) is 0 Å². The topological polar surface area (TPSA) is 91.9 Å². The van der Waals surface area contributed by atoms with Gasteiger partial charge in [-0.15, -0.1) is 0 Å². The predicted molar refractivity (Wildman–Crippen MR) is 62.5 cm³/mol. The second kappa shape index (κ2) is 4.23. The average molecular weight is 257 g/mol. The largest absolute Gasteiger partial charge is 0.268 e. The molecule has 0 fully saturated rings. The van der Waals surface area contributed by atoms with E-state index in [2.05, 4.69) is 14.9 Å². The van der Waals surface area contributed by atoms with Gasteiger partial charge < -0.3 is 0 Å². The Balaban J connectivity index is 2.77. The van der Waals surface area contributed by atoms with Crippen molar-refractivity contribution in [3.8, 4) is 0 Å². The molecule has 0 saturated carbocycles. The highest BCUT2D eigenvalue weighted by Gasteiger charge is 2.31. The summed E-state index contributed by atoms with van der Waals surface area (Å²) in [6.07, 6.45) is 1.18. The third-order valence-electron chi connectivity index (χ3n) is 3.07. The van der Waals surface area contributed by atoms with E-state index in [9.17, 15) is 13.2 Å². The summed E-state index contributed by atoms with van der Waals surface area (Å²) < 4.78 is 26.4. The number of rotatable bonds is 2. The number of nitrogens with one attached hydrogen (secondary N) is 2. The van der Waals surface area contributed by atoms with E-state index >= 15 is 0 Å². The van der Waals surface area contributed by atoms with Crippen LogP contribution in [0.5, 0.6) is 0 Å². The van der Waals surface area contributed by atoms with Gasteiger partial charge in [-0.1, -0.05) is 13.8 Å². The summed E-state index contributed by atoms with van der Waals surface area (Å²) in [5.41, 5.74) is 0.375. The van der Waals surface area contributed by atoms with Crippen LogP contribution < -0.4 is 10.3 Å². The van der Waals surface area contributed by atoms with Gasteiger partial charge in [0, 0.05) is 18.0 Å². The van der Waals surface area contributed by atoms with Crippen molar-refractivity contribution in [2.45, 2.75) is 37.5 Å². The van der Waals surface area contributed by atoms with Crippen LogP contribution in [0.1, 0.15) is 37.4 Å². The van der Waals surface area contributed by atoms with E-state index in [1.807, 2.05) is 13.8 Å². The van der Waals surface area contributed by atoms with E-state index < -0.39 is 15.6 Å². The van der Waals surface area contributed by atoms with Crippen molar-refractivity contribution in [1.29, 1.82) is 0 Å². The molecule has 6 nitrogen and oxygen atoms in total. The maximum absolute atomic E-state index is 12.0. The van der Waals surface area contributed by atoms with Gasteiger partial charge in [0.05, 0.1) is 5.69 Å². The van der Waals surface area contributed by atoms with Crippen LogP contribution in [0, 0.1) is 0 Å². The van der Waals surface area contributed by atoms with Gasteiger partial charge in [-0.05, 0) is 12.8 Å². The molecule has 1 unspecified atom stereocenters. The first kappa shape index (κ1) is 12.3. The number of aromatic nitrogens is 2. The molecular formula is C10H15N3O3S. The monoisotopic (exact) mass is 257 g/mol. The van der Waals surface area contributed by atoms with Gasteiger partial charge in [0.1, 0.15) is 4.90 Å². The van der Waals surface area contributed by atoms with Gasteiger partial charge in [-0.3, -0.25) is 4.79 Å². The zero-order valence-electron chi connectivity index (χ0n) is 9.78. The quantitative estimate of drug-likeness (QED) is 0.787. The van der Waals surface area contributed by atoms with Gasteiger partial charge in [0.15, 0.2) is 0 Å². The Bertz CT molecular complexity index is 591. The van der Waals surface area contributed by atoms with E-state index in [1.54, 1.807) is 0 Å². The summed E-state index contributed by atoms with van der Waals surface area (Å²) in [7, 11) is -3.58. The molecule has 2 rings (SSSR count). The van der Waals surface area contributed by atoms with Crippen molar-refractivity contribution in [3.63, 3.8) is 0 Å². The molecule has 94 valence electrons. The minimum Gasteiger partial charge on any atom is -0.268 e. The van der Waals surface area contributed by atoms with E-state index in [0.29, 0.717) is 17.7 Å². The summed E-state index contributed by atoms with van der Waals surface area (Å²) in [4.78, 5) is 11.7. The van der Waals surface area contributed by atoms with Gasteiger partial charge in [0.2, 0.25) is 10.0 Å². The Morgan fingerprint density at radius 1 is 1.47 bits per heavy atom. The van der Waals surface area contributed by atoms with E-state index in [-0.39, 0.29) is 17.4 Å². The third-order valence-corrected chi connectivity index (χ3v) is 4.65. The van der Waals surface area contributed by atoms with Crippen molar-refractivity contribution in [1.82, 2.24) is 14.9 Å². The molecule has 0 spiro atoms. The lowest BCUT2D eigenvalue weighted by molar-refractivity contribution is 0.559. The van der Waals surface area contributed by atoms with Crippen LogP contribution >= 0.6 is 0 Å². The summed E-state index contributed by atoms with van der Waals surface area (Å²) in [5.74, 6) is -0.00438. The van der Waals surface area contributed by atoms with Gasteiger partial charge in [-0.2, -0.15) is 5.10 Å². The third kappa shape index (κ3) is 2.00. The average Bonchev–Trinajstić information content (AvgIpc) is 2.29. The van der Waals surface area contributed by atoms with E-state index in [1.165, 1.54) is 0 Å². The molecule has 2 N–H and O–H groups in total. The molecule has 0 amide bonds. The molecule has 0 saturated heterocycles. The Kier molecular flexibility index (Phi) is 3.05. The number of fused-ring (bicyclic) bond motifs is 1. The first-order valence-electron chi connectivity index (χ1n) is 5.58. The summed E-state index contributed by atoms with van der Waals surface area (Å²) in [6.45, 7) is 4.11. The lowest BCUT2D eigenvalue weighted by Crippen LogP contribution is -2.37. The minimum atomic E-state index is -3.58. The number of aromatic amines is 1. The molecule has 0 aliphatic carbocycles. The van der Waals surface area contributed by atoms with Gasteiger partial charge >= 0.3 is 0 Å². The van der Waals surface area contributed by atoms with Crippen LogP contribution in [-0.4, -0.2) is 25.2 Å². The smallest absolute Gasteiger partial charge is 0.268 e. The molecule has 0 radical (unpaired) electrons. The Labute approximate surface area is 99.5 Å². The number of H-pyrrole nitrogens is 1. The van der Waals surface area contributed by atoms with Gasteiger partial charge in [-0.25, -0.2) is 18.2 Å². The Hall–Kier alpha value is -1.21. The van der Waals surface area contributed by atoms with Crippen LogP contribution in [0.3, 0.4) is 0 Å². The fraction of sp³-hybridized carbons (Fsp3) is 0.600. The van der Waals surface area contributed by atoms with Gasteiger partial charge in [0.25, 0.3) is 5.56 Å². The lowest BCUT2D eigenvalue weighted by atomic mass is 10.0. The lowest BCUT2D eigenvalue weighted by Gasteiger charge is -2.20. The van der Waals surface area contributed by atoms with Crippen molar-refractivity contribution in [2.75, 3.05) is 6.54 Å². The SMILES string of the molecule is CCC(C)c1n[nH]c(=O)c2c1S(=O)(=O)NCC2. The van der Waals surface area contributed by atoms with E-state index in [0.717, 1.165) is 6.42 Å². The van der Waals surface area contributed by atoms with Crippen LogP contribution in [0.2, 0.25) is 0 Å². The zero-order chi connectivity index (χ0) is 12.6. The first-order valence-corrected chi connectivity index (χ1v) is 7.06. The number of hydrogen-bond acceptors (Lipinski definition) is 4. The van der Waals surface area contributed by atoms with Crippen molar-refractivity contribution in [2.24, 2.45) is 0 Å². The molecule has 17 heavy (non-hydrogen) atoms. The minimum absolute atomic E-state index is 0.00438. The van der Waals surface area contributed by atoms with Crippen molar-refractivity contribution in [3.05, 3.63) is 21.6 Å². The molecule has 2 heterocycles. The Morgan fingerprint density at radius 3 is 2.82 bits per heavy atom. The van der Waals surface area contributed by atoms with Crippen molar-refractivity contribution >= 4 is 10.0 Å². The number of hydrogen-bond donors (Lipinski definition) is 2. The molecule has 1 atom stereocenters. The first-order chi connectivity index (χ1) is 7.97. The van der Waals surface area contributed by atoms with Crippen molar-refractivity contribution < 1.29 is 8.42 Å². The highest BCUT2D eigenvalue weighted by Crippen LogP contribution is 2.26. The summed E-state index contributed by atoms with van der Waals surface area (Å²) >= 11 is 0. The Morgan fingerprint density at radius 2 is 2.18 bits per heavy atom. The molecule has 7 heteroatoms. The van der Waals surface area contributed by atoms with E-state index in [4.69, 9.17) is 0 Å². The molecule has 1 aromatic rings. The molecule has 1 aromatic heterocycles. The van der Waals surface area contributed by atoms with Crippen LogP contribution in [0.4, 0.5) is 0 Å². The second-order valence-electron chi connectivity index (χ2n) is 4.20. The normalized spacial score (nSPS) is 19.6. The van der Waals surface area contributed by atoms with Crippen LogP contribution in [-0.2, 0) is 16.4 Å². The zero-order valence-corrected chi connectivity index (χ0v) is 10.6. The highest BCUT2D eigenvalue weighted by molar-refractivity contribution is 7.89. The fourth-order valence-corrected chi connectivity index (χ4v) is 3.48. The molecule has 0 bridgehead atoms. The molecule has 0 aromatic carbocycles. The molecular weight excluding hydrogens is 242 g/mol. The second-order valence-corrected chi connectivity index (χ2v) is 5.91. The number of nitrogens with zero attached hydrogens (tertiary/aromatic N) is 1. The maximum atomic E-state index is 12.0. The predicted octanol–water partition coefficient (Wildman–Crippen LogP) is 0.118. The number of sulfonamides is 1. The summed E-state index contributed by atoms with van der Waals surface area (Å²) in [5, 5.41) is 6.28. The fourth-order valence-electron chi connectivity index (χ4n) is 1.92. The maximum Gasteiger partial charge on any atom is 0.268 e. The molecule has 1 aliphatic heterocycles. The molecule has 1 aliphatic rings. The standard InChI is InChI=1S/C10H15N3O3S/c1-3-6(2)8-9-7(10(14)13-12-8)4-5-11-17(9,15)16/h6,11H,3-5H2,1-2H3,(H,13,14).